The Kier molecular flexibility index (Phi) is 7.85. The van der Waals surface area contributed by atoms with E-state index in [1.807, 2.05) is 12.3 Å². The van der Waals surface area contributed by atoms with Crippen LogP contribution >= 0.6 is 0 Å². The van der Waals surface area contributed by atoms with Crippen molar-refractivity contribution in [1.82, 2.24) is 4.98 Å². The molecule has 1 aliphatic heterocycles. The van der Waals surface area contributed by atoms with Crippen LogP contribution in [0.2, 0.25) is 0 Å². The molecule has 2 fully saturated rings. The summed E-state index contributed by atoms with van der Waals surface area (Å²) in [7, 11) is 1.68. The summed E-state index contributed by atoms with van der Waals surface area (Å²) in [6.45, 7) is 12.3. The van der Waals surface area contributed by atoms with Gasteiger partial charge in [-0.05, 0) is 84.2 Å². The molecule has 1 atom stereocenters. The molecule has 4 rings (SSSR count). The maximum absolute atomic E-state index is 13.5. The van der Waals surface area contributed by atoms with Crippen LogP contribution in [0.4, 0.5) is 5.69 Å². The number of hydrogen-bond acceptors (Lipinski definition) is 5. The van der Waals surface area contributed by atoms with Gasteiger partial charge in [-0.25, -0.2) is 4.98 Å². The lowest BCUT2D eigenvalue weighted by Crippen LogP contribution is -2.30. The molecule has 5 heteroatoms. The molecule has 35 heavy (non-hydrogen) atoms. The average Bonchev–Trinajstić information content (AvgIpc) is 2.80. The smallest absolute Gasteiger partial charge is 0.218 e. The number of carbonyl (C=O) groups is 1. The molecule has 2 aromatic rings. The molecule has 0 unspecified atom stereocenters. The predicted molar refractivity (Wildman–Crippen MR) is 142 cm³/mol. The Bertz CT molecular complexity index is 1040. The van der Waals surface area contributed by atoms with Gasteiger partial charge in [-0.3, -0.25) is 4.79 Å². The number of methoxy groups -OCH3 is 1. The van der Waals surface area contributed by atoms with Gasteiger partial charge in [0.25, 0.3) is 0 Å². The minimum Gasteiger partial charge on any atom is -0.481 e. The largest absolute Gasteiger partial charge is 0.481 e. The highest BCUT2D eigenvalue weighted by Crippen LogP contribution is 2.40. The molecule has 1 aliphatic carbocycles. The van der Waals surface area contributed by atoms with Crippen molar-refractivity contribution < 1.29 is 14.3 Å². The third-order valence-electron chi connectivity index (χ3n) is 7.50. The van der Waals surface area contributed by atoms with Crippen LogP contribution in [0, 0.1) is 0 Å². The Morgan fingerprint density at radius 3 is 2.51 bits per heavy atom. The number of aromatic nitrogens is 1. The first-order valence-electron chi connectivity index (χ1n) is 13.3. The fourth-order valence-electron chi connectivity index (χ4n) is 5.49. The Morgan fingerprint density at radius 1 is 1.17 bits per heavy atom. The Balaban J connectivity index is 1.69. The molecule has 5 nitrogen and oxygen atoms in total. The molecule has 0 bridgehead atoms. The molecule has 1 aromatic carbocycles. The number of Topliss-reactive ketones (excluding diaryl/α,β-unsaturated/α-hetero) is 1. The van der Waals surface area contributed by atoms with Crippen molar-refractivity contribution in [3.8, 4) is 5.88 Å². The summed E-state index contributed by atoms with van der Waals surface area (Å²) in [6, 6.07) is 6.34. The van der Waals surface area contributed by atoms with Crippen molar-refractivity contribution in [2.24, 2.45) is 0 Å². The zero-order valence-electron chi connectivity index (χ0n) is 22.4. The highest BCUT2D eigenvalue weighted by atomic mass is 16.5. The number of hydrogen-bond donors (Lipinski definition) is 1. The molecular formula is C30H42N2O3. The van der Waals surface area contributed by atoms with Crippen molar-refractivity contribution in [2.45, 2.75) is 103 Å². The quantitative estimate of drug-likeness (QED) is 0.409. The number of carbonyl (C=O) groups excluding carboxylic acids is 1. The van der Waals surface area contributed by atoms with Crippen LogP contribution < -0.4 is 10.1 Å². The van der Waals surface area contributed by atoms with Gasteiger partial charge in [0, 0.05) is 36.2 Å². The van der Waals surface area contributed by atoms with E-state index in [4.69, 9.17) is 9.47 Å². The van der Waals surface area contributed by atoms with E-state index >= 15 is 0 Å². The van der Waals surface area contributed by atoms with E-state index in [-0.39, 0.29) is 23.2 Å². The summed E-state index contributed by atoms with van der Waals surface area (Å²) < 4.78 is 11.5. The minimum absolute atomic E-state index is 0.129. The molecule has 1 aromatic heterocycles. The summed E-state index contributed by atoms with van der Waals surface area (Å²) in [5.41, 5.74) is 6.46. The molecule has 1 saturated heterocycles. The van der Waals surface area contributed by atoms with E-state index in [1.54, 1.807) is 7.11 Å². The molecule has 1 N–H and O–H groups in total. The number of nitrogens with zero attached hydrogens (tertiary/aromatic N) is 1. The molecule has 0 radical (unpaired) electrons. The van der Waals surface area contributed by atoms with Crippen molar-refractivity contribution in [3.63, 3.8) is 0 Å². The summed E-state index contributed by atoms with van der Waals surface area (Å²) in [4.78, 5) is 18.1. The van der Waals surface area contributed by atoms with Crippen molar-refractivity contribution in [1.29, 1.82) is 0 Å². The Morgan fingerprint density at radius 2 is 1.94 bits per heavy atom. The lowest BCUT2D eigenvalue weighted by atomic mass is 9.76. The maximum atomic E-state index is 13.5. The number of pyridine rings is 1. The standard InChI is InChI=1S/C30H42N2O3/c1-19(2)26-23(28(33)25-12-7-8-15-35-25)13-14-24(27(26)30(3,4)5)31-18-22-16-21(20-10-9-11-20)17-32-29(22)34-6/h13-14,16-17,19-20,25,31H,7-12,15,18H2,1-6H3/t25-/m0/s1. The van der Waals surface area contributed by atoms with Crippen molar-refractivity contribution >= 4 is 11.5 Å². The summed E-state index contributed by atoms with van der Waals surface area (Å²) in [5.74, 6) is 1.64. The molecule has 0 amide bonds. The monoisotopic (exact) mass is 478 g/mol. The highest BCUT2D eigenvalue weighted by Gasteiger charge is 2.31. The number of ketones is 1. The number of anilines is 1. The van der Waals surface area contributed by atoms with E-state index in [0.29, 0.717) is 24.9 Å². The van der Waals surface area contributed by atoms with E-state index in [2.05, 4.69) is 57.1 Å². The second-order valence-electron chi connectivity index (χ2n) is 11.5. The van der Waals surface area contributed by atoms with Gasteiger partial charge in [-0.2, -0.15) is 0 Å². The van der Waals surface area contributed by atoms with Gasteiger partial charge in [0.1, 0.15) is 6.10 Å². The highest BCUT2D eigenvalue weighted by molar-refractivity contribution is 6.02. The van der Waals surface area contributed by atoms with E-state index < -0.39 is 0 Å². The van der Waals surface area contributed by atoms with E-state index in [9.17, 15) is 4.79 Å². The summed E-state index contributed by atoms with van der Waals surface area (Å²) >= 11 is 0. The second kappa shape index (κ2) is 10.7. The van der Waals surface area contributed by atoms with Crippen molar-refractivity contribution in [3.05, 3.63) is 52.2 Å². The summed E-state index contributed by atoms with van der Waals surface area (Å²) in [5, 5.41) is 3.69. The zero-order chi connectivity index (χ0) is 25.2. The molecule has 1 saturated carbocycles. The van der Waals surface area contributed by atoms with Crippen LogP contribution in [0.25, 0.3) is 0 Å². The zero-order valence-corrected chi connectivity index (χ0v) is 22.4. The average molecular weight is 479 g/mol. The fraction of sp³-hybridized carbons (Fsp3) is 0.600. The van der Waals surface area contributed by atoms with Gasteiger partial charge in [0.05, 0.1) is 7.11 Å². The lowest BCUT2D eigenvalue weighted by Gasteiger charge is -2.31. The van der Waals surface area contributed by atoms with Gasteiger partial charge in [0.15, 0.2) is 5.78 Å². The first-order chi connectivity index (χ1) is 16.7. The number of nitrogens with one attached hydrogen (secondary N) is 1. The molecular weight excluding hydrogens is 436 g/mol. The molecule has 2 heterocycles. The van der Waals surface area contributed by atoms with Gasteiger partial charge in [-0.15, -0.1) is 0 Å². The number of rotatable bonds is 8. The van der Waals surface area contributed by atoms with E-state index in [0.717, 1.165) is 41.6 Å². The van der Waals surface area contributed by atoms with Gasteiger partial charge in [0.2, 0.25) is 5.88 Å². The molecule has 190 valence electrons. The van der Waals surface area contributed by atoms with Crippen LogP contribution in [0.3, 0.4) is 0 Å². The van der Waals surface area contributed by atoms with Gasteiger partial charge < -0.3 is 14.8 Å². The van der Waals surface area contributed by atoms with Crippen molar-refractivity contribution in [2.75, 3.05) is 19.0 Å². The molecule has 2 aliphatic rings. The molecule has 0 spiro atoms. The van der Waals surface area contributed by atoms with Gasteiger partial charge >= 0.3 is 0 Å². The topological polar surface area (TPSA) is 60.5 Å². The predicted octanol–water partition coefficient (Wildman–Crippen LogP) is 7.14. The minimum atomic E-state index is -0.322. The van der Waals surface area contributed by atoms with Gasteiger partial charge in [-0.1, -0.05) is 41.0 Å². The maximum Gasteiger partial charge on any atom is 0.218 e. The first-order valence-corrected chi connectivity index (χ1v) is 13.3. The third kappa shape index (κ3) is 5.55. The number of ether oxygens (including phenoxy) is 2. The van der Waals surface area contributed by atoms with Crippen LogP contribution in [0.15, 0.2) is 24.4 Å². The summed E-state index contributed by atoms with van der Waals surface area (Å²) in [6.07, 6.45) is 8.33. The Labute approximate surface area is 211 Å². The van der Waals surface area contributed by atoms with E-state index in [1.165, 1.54) is 30.4 Å². The fourth-order valence-corrected chi connectivity index (χ4v) is 5.49. The normalized spacial score (nSPS) is 18.9. The van der Waals surface area contributed by atoms with Crippen LogP contribution in [-0.4, -0.2) is 30.6 Å². The Hall–Kier alpha value is -2.40. The second-order valence-corrected chi connectivity index (χ2v) is 11.5. The third-order valence-corrected chi connectivity index (χ3v) is 7.50. The lowest BCUT2D eigenvalue weighted by molar-refractivity contribution is 0.0185. The van der Waals surface area contributed by atoms with Crippen LogP contribution in [-0.2, 0) is 16.7 Å². The van der Waals surface area contributed by atoms with Crippen LogP contribution in [0.5, 0.6) is 5.88 Å². The van der Waals surface area contributed by atoms with Crippen LogP contribution in [0.1, 0.15) is 118 Å². The SMILES string of the molecule is COc1ncc(C2CCC2)cc1CNc1ccc(C(=O)[C@@H]2CCCCO2)c(C(C)C)c1C(C)(C)C. The number of benzene rings is 1. The first kappa shape index (κ1) is 25.7.